The van der Waals surface area contributed by atoms with Crippen LogP contribution in [0.1, 0.15) is 47.3 Å². The summed E-state index contributed by atoms with van der Waals surface area (Å²) in [6, 6.07) is 9.68. The summed E-state index contributed by atoms with van der Waals surface area (Å²) in [6.45, 7) is 3.59. The minimum atomic E-state index is 0.112. The Kier molecular flexibility index (Phi) is 4.13. The molecule has 1 saturated heterocycles. The van der Waals surface area contributed by atoms with Crippen molar-refractivity contribution in [2.75, 3.05) is 18.8 Å². The molecule has 0 bridgehead atoms. The van der Waals surface area contributed by atoms with Crippen molar-refractivity contribution in [2.24, 2.45) is 0 Å². The van der Waals surface area contributed by atoms with Crippen LogP contribution in [0, 0.1) is 0 Å². The molecule has 22 heavy (non-hydrogen) atoms. The van der Waals surface area contributed by atoms with Gasteiger partial charge < -0.3 is 15.2 Å². The summed E-state index contributed by atoms with van der Waals surface area (Å²) in [5.74, 6) is 0.790. The molecule has 0 saturated carbocycles. The minimum Gasteiger partial charge on any atom is -0.368 e. The van der Waals surface area contributed by atoms with Crippen molar-refractivity contribution in [2.45, 2.75) is 32.1 Å². The maximum absolute atomic E-state index is 12.5. The van der Waals surface area contributed by atoms with E-state index >= 15 is 0 Å². The third-order valence-electron chi connectivity index (χ3n) is 4.36. The van der Waals surface area contributed by atoms with Crippen molar-refractivity contribution in [1.29, 1.82) is 0 Å². The van der Waals surface area contributed by atoms with E-state index in [9.17, 15) is 4.79 Å². The Morgan fingerprint density at radius 1 is 1.32 bits per heavy atom. The van der Waals surface area contributed by atoms with Crippen molar-refractivity contribution >= 4 is 11.8 Å². The summed E-state index contributed by atoms with van der Waals surface area (Å²) < 4.78 is 4.93. The molecule has 0 unspecified atom stereocenters. The van der Waals surface area contributed by atoms with Crippen LogP contribution in [0.25, 0.3) is 0 Å². The smallest absolute Gasteiger partial charge is 0.253 e. The van der Waals surface area contributed by atoms with Crippen LogP contribution in [0.3, 0.4) is 0 Å². The summed E-state index contributed by atoms with van der Waals surface area (Å²) in [4.78, 5) is 14.4. The van der Waals surface area contributed by atoms with Gasteiger partial charge in [0.15, 0.2) is 0 Å². The van der Waals surface area contributed by atoms with Gasteiger partial charge in [-0.05, 0) is 37.0 Å². The van der Waals surface area contributed by atoms with E-state index in [4.69, 9.17) is 10.3 Å². The molecule has 2 heterocycles. The number of aromatic nitrogens is 1. The van der Waals surface area contributed by atoms with Gasteiger partial charge in [0.25, 0.3) is 5.91 Å². The molecule has 2 aromatic rings. The first kappa shape index (κ1) is 14.6. The first-order valence-electron chi connectivity index (χ1n) is 7.77. The van der Waals surface area contributed by atoms with E-state index in [1.807, 2.05) is 29.2 Å². The van der Waals surface area contributed by atoms with Gasteiger partial charge in [-0.1, -0.05) is 24.2 Å². The monoisotopic (exact) mass is 299 g/mol. The van der Waals surface area contributed by atoms with Crippen molar-refractivity contribution in [3.05, 3.63) is 47.2 Å². The predicted molar refractivity (Wildman–Crippen MR) is 84.6 cm³/mol. The van der Waals surface area contributed by atoms with Gasteiger partial charge in [-0.25, -0.2) is 0 Å². The molecule has 5 nitrogen and oxygen atoms in total. The fourth-order valence-electron chi connectivity index (χ4n) is 2.94. The molecule has 0 aliphatic carbocycles. The lowest BCUT2D eigenvalue weighted by atomic mass is 9.93. The normalized spacial score (nSPS) is 16.0. The van der Waals surface area contributed by atoms with Crippen LogP contribution < -0.4 is 5.73 Å². The molecule has 1 aliphatic heterocycles. The SMILES string of the molecule is CCc1ccc(C(=O)N2CCC(c3cc(N)on3)CC2)cc1. The molecule has 3 rings (SSSR count). The summed E-state index contributed by atoms with van der Waals surface area (Å²) in [7, 11) is 0. The number of carbonyl (C=O) groups is 1. The van der Waals surface area contributed by atoms with Gasteiger partial charge in [-0.2, -0.15) is 0 Å². The van der Waals surface area contributed by atoms with E-state index in [2.05, 4.69) is 12.1 Å². The summed E-state index contributed by atoms with van der Waals surface area (Å²) in [5, 5.41) is 3.98. The zero-order valence-corrected chi connectivity index (χ0v) is 12.8. The Hall–Kier alpha value is -2.30. The average molecular weight is 299 g/mol. The molecule has 1 aliphatic rings. The van der Waals surface area contributed by atoms with Crippen molar-refractivity contribution in [3.8, 4) is 0 Å². The standard InChI is InChI=1S/C17H21N3O2/c1-2-12-3-5-14(6-4-12)17(21)20-9-7-13(8-10-20)15-11-16(18)22-19-15/h3-6,11,13H,2,7-10,18H2,1H3. The first-order chi connectivity index (χ1) is 10.7. The molecule has 0 radical (unpaired) electrons. The van der Waals surface area contributed by atoms with Gasteiger partial charge in [0.1, 0.15) is 0 Å². The first-order valence-corrected chi connectivity index (χ1v) is 7.77. The Bertz CT molecular complexity index is 640. The quantitative estimate of drug-likeness (QED) is 0.946. The van der Waals surface area contributed by atoms with Crippen LogP contribution in [0.2, 0.25) is 0 Å². The summed E-state index contributed by atoms with van der Waals surface area (Å²) >= 11 is 0. The minimum absolute atomic E-state index is 0.112. The molecule has 1 aromatic heterocycles. The number of anilines is 1. The average Bonchev–Trinajstić information content (AvgIpc) is 3.01. The van der Waals surface area contributed by atoms with Gasteiger partial charge >= 0.3 is 0 Å². The zero-order valence-electron chi connectivity index (χ0n) is 12.8. The molecule has 116 valence electrons. The molecular formula is C17H21N3O2. The second-order valence-corrected chi connectivity index (χ2v) is 5.77. The number of benzene rings is 1. The third kappa shape index (κ3) is 2.98. The van der Waals surface area contributed by atoms with Crippen molar-refractivity contribution < 1.29 is 9.32 Å². The van der Waals surface area contributed by atoms with Gasteiger partial charge in [-0.15, -0.1) is 0 Å². The maximum Gasteiger partial charge on any atom is 0.253 e. The van der Waals surface area contributed by atoms with Gasteiger partial charge in [0.05, 0.1) is 5.69 Å². The number of nitrogens with zero attached hydrogens (tertiary/aromatic N) is 2. The highest BCUT2D eigenvalue weighted by Crippen LogP contribution is 2.28. The number of hydrogen-bond acceptors (Lipinski definition) is 4. The highest BCUT2D eigenvalue weighted by Gasteiger charge is 2.26. The van der Waals surface area contributed by atoms with E-state index in [1.54, 1.807) is 6.07 Å². The van der Waals surface area contributed by atoms with E-state index in [0.717, 1.165) is 43.6 Å². The van der Waals surface area contributed by atoms with Crippen LogP contribution in [0.5, 0.6) is 0 Å². The summed E-state index contributed by atoms with van der Waals surface area (Å²) in [6.07, 6.45) is 2.77. The zero-order chi connectivity index (χ0) is 15.5. The van der Waals surface area contributed by atoms with Crippen LogP contribution in [-0.2, 0) is 6.42 Å². The Balaban J connectivity index is 1.61. The topological polar surface area (TPSA) is 72.4 Å². The molecule has 0 atom stereocenters. The number of amides is 1. The highest BCUT2D eigenvalue weighted by atomic mass is 16.5. The Morgan fingerprint density at radius 2 is 2.00 bits per heavy atom. The number of aryl methyl sites for hydroxylation is 1. The molecule has 1 aromatic carbocycles. The molecular weight excluding hydrogens is 278 g/mol. The predicted octanol–water partition coefficient (Wildman–Crippen LogP) is 2.84. The van der Waals surface area contributed by atoms with Gasteiger partial charge in [-0.3, -0.25) is 4.79 Å². The van der Waals surface area contributed by atoms with E-state index in [-0.39, 0.29) is 5.91 Å². The van der Waals surface area contributed by atoms with E-state index in [1.165, 1.54) is 5.56 Å². The van der Waals surface area contributed by atoms with Gasteiger partial charge in [0, 0.05) is 30.6 Å². The number of hydrogen-bond donors (Lipinski definition) is 1. The van der Waals surface area contributed by atoms with Crippen molar-refractivity contribution in [3.63, 3.8) is 0 Å². The maximum atomic E-state index is 12.5. The molecule has 1 fully saturated rings. The number of piperidine rings is 1. The lowest BCUT2D eigenvalue weighted by Crippen LogP contribution is -2.38. The number of nitrogen functional groups attached to an aromatic ring is 1. The van der Waals surface area contributed by atoms with Crippen LogP contribution in [-0.4, -0.2) is 29.1 Å². The van der Waals surface area contributed by atoms with Crippen LogP contribution >= 0.6 is 0 Å². The molecule has 2 N–H and O–H groups in total. The fourth-order valence-corrected chi connectivity index (χ4v) is 2.94. The van der Waals surface area contributed by atoms with E-state index < -0.39 is 0 Å². The second kappa shape index (κ2) is 6.22. The number of rotatable bonds is 3. The number of likely N-dealkylation sites (tertiary alicyclic amines) is 1. The van der Waals surface area contributed by atoms with Gasteiger partial charge in [0.2, 0.25) is 5.88 Å². The van der Waals surface area contributed by atoms with Crippen LogP contribution in [0.15, 0.2) is 34.9 Å². The molecule has 5 heteroatoms. The number of nitrogens with two attached hydrogens (primary N) is 1. The lowest BCUT2D eigenvalue weighted by Gasteiger charge is -2.31. The van der Waals surface area contributed by atoms with Crippen LogP contribution in [0.4, 0.5) is 5.88 Å². The summed E-state index contributed by atoms with van der Waals surface area (Å²) in [5.41, 5.74) is 8.48. The van der Waals surface area contributed by atoms with E-state index in [0.29, 0.717) is 11.8 Å². The highest BCUT2D eigenvalue weighted by molar-refractivity contribution is 5.94. The second-order valence-electron chi connectivity index (χ2n) is 5.77. The number of carbonyl (C=O) groups excluding carboxylic acids is 1. The fraction of sp³-hybridized carbons (Fsp3) is 0.412. The Labute approximate surface area is 130 Å². The third-order valence-corrected chi connectivity index (χ3v) is 4.36. The largest absolute Gasteiger partial charge is 0.368 e. The molecule has 1 amide bonds. The lowest BCUT2D eigenvalue weighted by molar-refractivity contribution is 0.0711. The Morgan fingerprint density at radius 3 is 2.55 bits per heavy atom. The van der Waals surface area contributed by atoms with Crippen molar-refractivity contribution in [1.82, 2.24) is 10.1 Å². The molecule has 0 spiro atoms.